The highest BCUT2D eigenvalue weighted by Crippen LogP contribution is 2.24. The monoisotopic (exact) mass is 266 g/mol. The molecule has 0 aliphatic carbocycles. The average molecular weight is 267 g/mol. The van der Waals surface area contributed by atoms with Crippen molar-refractivity contribution in [2.75, 3.05) is 28.8 Å². The van der Waals surface area contributed by atoms with Gasteiger partial charge in [0, 0.05) is 27.8 Å². The van der Waals surface area contributed by atoms with Gasteiger partial charge in [0.15, 0.2) is 0 Å². The fourth-order valence-electron chi connectivity index (χ4n) is 0.975. The van der Waals surface area contributed by atoms with Gasteiger partial charge in [-0.3, -0.25) is 0 Å². The van der Waals surface area contributed by atoms with Gasteiger partial charge in [0.2, 0.25) is 0 Å². The molecule has 0 atom stereocenters. The van der Waals surface area contributed by atoms with Crippen LogP contribution < -0.4 is 0 Å². The van der Waals surface area contributed by atoms with Crippen LogP contribution in [0.2, 0.25) is 0 Å². The highest BCUT2D eigenvalue weighted by atomic mass is 32.2. The van der Waals surface area contributed by atoms with Crippen LogP contribution in [0.3, 0.4) is 0 Å². The Bertz CT molecular complexity index is 129. The fourth-order valence-corrected chi connectivity index (χ4v) is 4.24. The first-order valence-electron chi connectivity index (χ1n) is 5.85. The summed E-state index contributed by atoms with van der Waals surface area (Å²) in [5.41, 5.74) is 0. The van der Waals surface area contributed by atoms with E-state index in [1.165, 1.54) is 41.6 Å². The third kappa shape index (κ3) is 15.1. The molecule has 0 spiro atoms. The summed E-state index contributed by atoms with van der Waals surface area (Å²) in [5.74, 6) is 6.64. The van der Waals surface area contributed by atoms with Crippen molar-refractivity contribution in [3.05, 3.63) is 0 Å². The van der Waals surface area contributed by atoms with Gasteiger partial charge in [0.25, 0.3) is 0 Å². The van der Waals surface area contributed by atoms with Crippen molar-refractivity contribution >= 4 is 35.3 Å². The topological polar surface area (TPSA) is 0 Å². The zero-order valence-electron chi connectivity index (χ0n) is 10.7. The van der Waals surface area contributed by atoms with E-state index in [2.05, 4.69) is 63.0 Å². The lowest BCUT2D eigenvalue weighted by atomic mass is 10.3. The summed E-state index contributed by atoms with van der Waals surface area (Å²) in [6, 6.07) is 0. The van der Waals surface area contributed by atoms with E-state index >= 15 is 0 Å². The summed E-state index contributed by atoms with van der Waals surface area (Å²) in [6.07, 6.45) is 2.72. The lowest BCUT2D eigenvalue weighted by molar-refractivity contribution is 0.804. The molecule has 0 nitrogen and oxygen atoms in total. The number of hydrogen-bond acceptors (Lipinski definition) is 3. The third-order valence-electron chi connectivity index (χ3n) is 1.78. The second-order valence-corrected chi connectivity index (χ2v) is 8.91. The Morgan fingerprint density at radius 1 is 0.800 bits per heavy atom. The van der Waals surface area contributed by atoms with E-state index in [4.69, 9.17) is 0 Å². The summed E-state index contributed by atoms with van der Waals surface area (Å²) in [6.45, 7) is 9.15. The van der Waals surface area contributed by atoms with Crippen molar-refractivity contribution in [3.63, 3.8) is 0 Å². The van der Waals surface area contributed by atoms with Crippen LogP contribution in [0.15, 0.2) is 0 Å². The summed E-state index contributed by atoms with van der Waals surface area (Å²) in [5, 5.41) is 0. The van der Waals surface area contributed by atoms with Gasteiger partial charge < -0.3 is 0 Å². The van der Waals surface area contributed by atoms with Crippen LogP contribution in [0, 0.1) is 0 Å². The second-order valence-electron chi connectivity index (χ2n) is 4.54. The highest BCUT2D eigenvalue weighted by molar-refractivity contribution is 8.04. The first-order valence-corrected chi connectivity index (χ1v) is 9.15. The summed E-state index contributed by atoms with van der Waals surface area (Å²) in [4.78, 5) is 0. The summed E-state index contributed by atoms with van der Waals surface area (Å²) >= 11 is 6.30. The lowest BCUT2D eigenvalue weighted by Crippen LogP contribution is -2.09. The van der Waals surface area contributed by atoms with Crippen LogP contribution in [-0.4, -0.2) is 33.5 Å². The zero-order valence-corrected chi connectivity index (χ0v) is 13.1. The number of thioether (sulfide) groups is 3. The van der Waals surface area contributed by atoms with Crippen LogP contribution in [0.1, 0.15) is 40.5 Å². The van der Waals surface area contributed by atoms with Crippen LogP contribution in [0.4, 0.5) is 0 Å². The largest absolute Gasteiger partial charge is 0.161 e. The van der Waals surface area contributed by atoms with Crippen molar-refractivity contribution in [1.82, 2.24) is 0 Å². The van der Waals surface area contributed by atoms with E-state index in [0.29, 0.717) is 4.75 Å². The molecule has 0 radical (unpaired) electrons. The minimum Gasteiger partial charge on any atom is -0.161 e. The van der Waals surface area contributed by atoms with E-state index in [1.54, 1.807) is 0 Å². The molecule has 15 heavy (non-hydrogen) atoms. The molecule has 0 rings (SSSR count). The summed E-state index contributed by atoms with van der Waals surface area (Å²) in [7, 11) is 0. The zero-order chi connectivity index (χ0) is 11.6. The first-order chi connectivity index (χ1) is 7.06. The van der Waals surface area contributed by atoms with Crippen molar-refractivity contribution in [1.29, 1.82) is 0 Å². The Balaban J connectivity index is 2.99. The van der Waals surface area contributed by atoms with Crippen molar-refractivity contribution in [2.24, 2.45) is 0 Å². The Morgan fingerprint density at radius 3 is 1.87 bits per heavy atom. The molecular weight excluding hydrogens is 240 g/mol. The van der Waals surface area contributed by atoms with Gasteiger partial charge in [-0.1, -0.05) is 34.1 Å². The van der Waals surface area contributed by atoms with Gasteiger partial charge in [0.1, 0.15) is 0 Å². The van der Waals surface area contributed by atoms with Gasteiger partial charge >= 0.3 is 0 Å². The van der Waals surface area contributed by atoms with Crippen LogP contribution >= 0.6 is 35.3 Å². The third-order valence-corrected chi connectivity index (χ3v) is 5.62. The Kier molecular flexibility index (Phi) is 10.9. The molecule has 0 aliphatic heterocycles. The molecule has 3 heteroatoms. The highest BCUT2D eigenvalue weighted by Gasteiger charge is 2.09. The lowest BCUT2D eigenvalue weighted by Gasteiger charge is -2.16. The molecule has 0 aliphatic rings. The molecule has 0 unspecified atom stereocenters. The predicted octanol–water partition coefficient (Wildman–Crippen LogP) is 4.78. The van der Waals surface area contributed by atoms with Crippen LogP contribution in [0.25, 0.3) is 0 Å². The van der Waals surface area contributed by atoms with Gasteiger partial charge in [-0.25, -0.2) is 0 Å². The SMILES string of the molecule is CCCCSCCSCCSC(C)(C)C. The van der Waals surface area contributed by atoms with Gasteiger partial charge in [-0.2, -0.15) is 35.3 Å². The molecule has 0 amide bonds. The number of unbranched alkanes of at least 4 members (excludes halogenated alkanes) is 1. The van der Waals surface area contributed by atoms with Gasteiger partial charge in [-0.15, -0.1) is 0 Å². The molecule has 0 aromatic rings. The van der Waals surface area contributed by atoms with Crippen molar-refractivity contribution < 1.29 is 0 Å². The molecule has 0 saturated carbocycles. The molecule has 0 fully saturated rings. The van der Waals surface area contributed by atoms with Gasteiger partial charge in [0.05, 0.1) is 0 Å². The molecule has 0 aromatic carbocycles. The Morgan fingerprint density at radius 2 is 1.33 bits per heavy atom. The second kappa shape index (κ2) is 10.2. The maximum atomic E-state index is 2.29. The number of hydrogen-bond donors (Lipinski definition) is 0. The number of rotatable bonds is 9. The predicted molar refractivity (Wildman–Crippen MR) is 81.8 cm³/mol. The molecule has 0 heterocycles. The van der Waals surface area contributed by atoms with Gasteiger partial charge in [-0.05, 0) is 12.2 Å². The Hall–Kier alpha value is 1.05. The maximum Gasteiger partial charge on any atom is 0.00753 e. The Labute approximate surface area is 109 Å². The van der Waals surface area contributed by atoms with Crippen LogP contribution in [-0.2, 0) is 0 Å². The molecular formula is C12H26S3. The molecule has 92 valence electrons. The van der Waals surface area contributed by atoms with E-state index < -0.39 is 0 Å². The standard InChI is InChI=1S/C12H26S3/c1-5-6-7-13-8-9-14-10-11-15-12(2,3)4/h5-11H2,1-4H3. The minimum absolute atomic E-state index is 0.441. The first kappa shape index (κ1) is 16.1. The van der Waals surface area contributed by atoms with E-state index in [1.807, 2.05) is 0 Å². The van der Waals surface area contributed by atoms with Crippen molar-refractivity contribution in [2.45, 2.75) is 45.3 Å². The van der Waals surface area contributed by atoms with E-state index in [-0.39, 0.29) is 0 Å². The van der Waals surface area contributed by atoms with Crippen LogP contribution in [0.5, 0.6) is 0 Å². The quantitative estimate of drug-likeness (QED) is 0.551. The molecule has 0 bridgehead atoms. The minimum atomic E-state index is 0.441. The maximum absolute atomic E-state index is 2.29. The molecule has 0 aromatic heterocycles. The fraction of sp³-hybridized carbons (Fsp3) is 1.00. The molecule has 0 saturated heterocycles. The summed E-state index contributed by atoms with van der Waals surface area (Å²) < 4.78 is 0.441. The molecule has 0 N–H and O–H groups in total. The average Bonchev–Trinajstić information content (AvgIpc) is 2.14. The smallest absolute Gasteiger partial charge is 0.00753 e. The van der Waals surface area contributed by atoms with E-state index in [9.17, 15) is 0 Å². The van der Waals surface area contributed by atoms with Crippen molar-refractivity contribution in [3.8, 4) is 0 Å². The van der Waals surface area contributed by atoms with E-state index in [0.717, 1.165) is 0 Å². The normalized spacial score (nSPS) is 12.0.